The van der Waals surface area contributed by atoms with Crippen molar-refractivity contribution in [1.29, 1.82) is 0 Å². The lowest BCUT2D eigenvalue weighted by atomic mass is 10.2. The molecule has 15 heavy (non-hydrogen) atoms. The average Bonchev–Trinajstić information content (AvgIpc) is 2.82. The van der Waals surface area contributed by atoms with E-state index in [-0.39, 0.29) is 5.54 Å². The van der Waals surface area contributed by atoms with Crippen molar-refractivity contribution in [1.82, 2.24) is 9.97 Å². The molecule has 0 aliphatic heterocycles. The van der Waals surface area contributed by atoms with Gasteiger partial charge in [-0.25, -0.2) is 4.98 Å². The van der Waals surface area contributed by atoms with Crippen LogP contribution in [0.2, 0.25) is 0 Å². The van der Waals surface area contributed by atoms with Crippen LogP contribution < -0.4 is 10.5 Å². The van der Waals surface area contributed by atoms with E-state index in [0.717, 1.165) is 49.5 Å². The standard InChI is InChI=1S/C11H15N3O/c1-15-9-7-3-2-4-8(7)13-10(14-9)11(12)5-6-11/h2-6,12H2,1H3. The van der Waals surface area contributed by atoms with Crippen LogP contribution in [0.4, 0.5) is 0 Å². The van der Waals surface area contributed by atoms with Crippen LogP contribution in [0.15, 0.2) is 0 Å². The Kier molecular flexibility index (Phi) is 1.77. The molecule has 4 heteroatoms. The zero-order chi connectivity index (χ0) is 10.5. The van der Waals surface area contributed by atoms with Gasteiger partial charge in [0.15, 0.2) is 5.82 Å². The number of hydrogen-bond acceptors (Lipinski definition) is 4. The van der Waals surface area contributed by atoms with E-state index in [2.05, 4.69) is 9.97 Å². The number of nitrogens with two attached hydrogens (primary N) is 1. The summed E-state index contributed by atoms with van der Waals surface area (Å²) in [6.07, 6.45) is 5.22. The van der Waals surface area contributed by atoms with E-state index in [1.165, 1.54) is 5.56 Å². The average molecular weight is 205 g/mol. The minimum Gasteiger partial charge on any atom is -0.481 e. The predicted octanol–water partition coefficient (Wildman–Crippen LogP) is 0.922. The van der Waals surface area contributed by atoms with Gasteiger partial charge in [0.25, 0.3) is 0 Å². The summed E-state index contributed by atoms with van der Waals surface area (Å²) in [7, 11) is 1.67. The molecule has 0 atom stereocenters. The smallest absolute Gasteiger partial charge is 0.219 e. The number of nitrogens with zero attached hydrogens (tertiary/aromatic N) is 2. The van der Waals surface area contributed by atoms with Gasteiger partial charge in [-0.1, -0.05) is 0 Å². The quantitative estimate of drug-likeness (QED) is 0.780. The van der Waals surface area contributed by atoms with Gasteiger partial charge in [-0.05, 0) is 32.1 Å². The van der Waals surface area contributed by atoms with E-state index >= 15 is 0 Å². The van der Waals surface area contributed by atoms with E-state index in [1.54, 1.807) is 7.11 Å². The van der Waals surface area contributed by atoms with Gasteiger partial charge >= 0.3 is 0 Å². The molecule has 1 heterocycles. The Hall–Kier alpha value is -1.16. The Morgan fingerprint density at radius 2 is 2.07 bits per heavy atom. The Balaban J connectivity index is 2.11. The molecule has 0 amide bonds. The van der Waals surface area contributed by atoms with E-state index < -0.39 is 0 Å². The van der Waals surface area contributed by atoms with E-state index in [4.69, 9.17) is 10.5 Å². The summed E-state index contributed by atoms with van der Waals surface area (Å²) in [6, 6.07) is 0. The van der Waals surface area contributed by atoms with Crippen LogP contribution in [-0.2, 0) is 18.4 Å². The molecule has 4 nitrogen and oxygen atoms in total. The second-order valence-corrected chi connectivity index (χ2v) is 4.49. The van der Waals surface area contributed by atoms with Gasteiger partial charge in [-0.3, -0.25) is 0 Å². The van der Waals surface area contributed by atoms with Crippen LogP contribution in [0.25, 0.3) is 0 Å². The number of aryl methyl sites for hydroxylation is 1. The Morgan fingerprint density at radius 1 is 1.27 bits per heavy atom. The molecule has 0 bridgehead atoms. The fourth-order valence-corrected chi connectivity index (χ4v) is 2.15. The molecular weight excluding hydrogens is 190 g/mol. The van der Waals surface area contributed by atoms with Crippen LogP contribution in [0, 0.1) is 0 Å². The number of methoxy groups -OCH3 is 1. The van der Waals surface area contributed by atoms with Gasteiger partial charge in [0.2, 0.25) is 5.88 Å². The van der Waals surface area contributed by atoms with E-state index in [1.807, 2.05) is 0 Å². The van der Waals surface area contributed by atoms with Crippen LogP contribution in [0.1, 0.15) is 36.3 Å². The first-order valence-corrected chi connectivity index (χ1v) is 5.46. The first-order valence-electron chi connectivity index (χ1n) is 5.46. The highest BCUT2D eigenvalue weighted by Gasteiger charge is 2.44. The number of aromatic nitrogens is 2. The zero-order valence-electron chi connectivity index (χ0n) is 8.92. The van der Waals surface area contributed by atoms with Gasteiger partial charge in [-0.15, -0.1) is 0 Å². The molecule has 2 N–H and O–H groups in total. The summed E-state index contributed by atoms with van der Waals surface area (Å²) in [5.41, 5.74) is 8.18. The summed E-state index contributed by atoms with van der Waals surface area (Å²) < 4.78 is 5.31. The lowest BCUT2D eigenvalue weighted by Crippen LogP contribution is -2.23. The molecule has 0 aromatic carbocycles. The molecule has 80 valence electrons. The van der Waals surface area contributed by atoms with Gasteiger partial charge in [-0.2, -0.15) is 4.98 Å². The Morgan fingerprint density at radius 3 is 2.73 bits per heavy atom. The van der Waals surface area contributed by atoms with Crippen molar-refractivity contribution in [2.45, 2.75) is 37.6 Å². The molecule has 0 radical (unpaired) electrons. The molecule has 3 rings (SSSR count). The lowest BCUT2D eigenvalue weighted by molar-refractivity contribution is 0.387. The third-order valence-electron chi connectivity index (χ3n) is 3.32. The maximum absolute atomic E-state index is 6.10. The number of rotatable bonds is 2. The summed E-state index contributed by atoms with van der Waals surface area (Å²) in [5.74, 6) is 1.52. The van der Waals surface area contributed by atoms with Crippen molar-refractivity contribution in [3.8, 4) is 5.88 Å². The minimum atomic E-state index is -0.259. The topological polar surface area (TPSA) is 61.0 Å². The largest absolute Gasteiger partial charge is 0.481 e. The monoisotopic (exact) mass is 205 g/mol. The minimum absolute atomic E-state index is 0.259. The molecule has 0 saturated heterocycles. The van der Waals surface area contributed by atoms with Crippen molar-refractivity contribution in [2.24, 2.45) is 5.73 Å². The van der Waals surface area contributed by atoms with Gasteiger partial charge in [0.1, 0.15) is 0 Å². The van der Waals surface area contributed by atoms with E-state index in [9.17, 15) is 0 Å². The van der Waals surface area contributed by atoms with Crippen LogP contribution in [0.3, 0.4) is 0 Å². The Labute approximate surface area is 88.9 Å². The van der Waals surface area contributed by atoms with Gasteiger partial charge < -0.3 is 10.5 Å². The first kappa shape index (κ1) is 9.09. The van der Waals surface area contributed by atoms with Crippen LogP contribution in [-0.4, -0.2) is 17.1 Å². The highest BCUT2D eigenvalue weighted by Crippen LogP contribution is 2.42. The van der Waals surface area contributed by atoms with Crippen molar-refractivity contribution >= 4 is 0 Å². The molecule has 0 unspecified atom stereocenters. The van der Waals surface area contributed by atoms with Gasteiger partial charge in [0, 0.05) is 5.56 Å². The van der Waals surface area contributed by atoms with Crippen LogP contribution >= 0.6 is 0 Å². The number of ether oxygens (including phenoxy) is 1. The SMILES string of the molecule is COc1nc(C2(N)CC2)nc2c1CCC2. The summed E-state index contributed by atoms with van der Waals surface area (Å²) in [4.78, 5) is 9.02. The number of fused-ring (bicyclic) bond motifs is 1. The molecule has 2 aliphatic carbocycles. The summed E-state index contributed by atoms with van der Waals surface area (Å²) in [5, 5.41) is 0. The summed E-state index contributed by atoms with van der Waals surface area (Å²) >= 11 is 0. The normalized spacial score (nSPS) is 21.2. The summed E-state index contributed by atoms with van der Waals surface area (Å²) in [6.45, 7) is 0. The molecule has 1 saturated carbocycles. The highest BCUT2D eigenvalue weighted by molar-refractivity contribution is 5.36. The molecule has 1 aromatic rings. The maximum Gasteiger partial charge on any atom is 0.219 e. The predicted molar refractivity (Wildman–Crippen MR) is 55.7 cm³/mol. The van der Waals surface area contributed by atoms with Crippen molar-refractivity contribution in [2.75, 3.05) is 7.11 Å². The molecule has 2 aliphatic rings. The van der Waals surface area contributed by atoms with Crippen molar-refractivity contribution in [3.05, 3.63) is 17.1 Å². The molecule has 1 aromatic heterocycles. The van der Waals surface area contributed by atoms with Crippen molar-refractivity contribution < 1.29 is 4.74 Å². The van der Waals surface area contributed by atoms with Crippen molar-refractivity contribution in [3.63, 3.8) is 0 Å². The Bertz CT molecular complexity index is 413. The molecule has 0 spiro atoms. The van der Waals surface area contributed by atoms with Crippen LogP contribution in [0.5, 0.6) is 5.88 Å². The fraction of sp³-hybridized carbons (Fsp3) is 0.636. The zero-order valence-corrected chi connectivity index (χ0v) is 8.92. The second-order valence-electron chi connectivity index (χ2n) is 4.49. The molecular formula is C11H15N3O. The highest BCUT2D eigenvalue weighted by atomic mass is 16.5. The third-order valence-corrected chi connectivity index (χ3v) is 3.32. The first-order chi connectivity index (χ1) is 7.23. The number of hydrogen-bond donors (Lipinski definition) is 1. The fourth-order valence-electron chi connectivity index (χ4n) is 2.15. The second kappa shape index (κ2) is 2.92. The maximum atomic E-state index is 6.10. The molecule has 1 fully saturated rings. The lowest BCUT2D eigenvalue weighted by Gasteiger charge is -2.12. The van der Waals surface area contributed by atoms with E-state index in [0.29, 0.717) is 0 Å². The third kappa shape index (κ3) is 1.32. The van der Waals surface area contributed by atoms with Gasteiger partial charge in [0.05, 0.1) is 18.3 Å².